The van der Waals surface area contributed by atoms with Crippen molar-refractivity contribution in [2.24, 2.45) is 0 Å². The number of para-hydroxylation sites is 1. The fourth-order valence-electron chi connectivity index (χ4n) is 2.87. The third-order valence-corrected chi connectivity index (χ3v) is 4.10. The Balaban J connectivity index is 1.63. The van der Waals surface area contributed by atoms with Crippen LogP contribution < -0.4 is 10.1 Å². The maximum atomic E-state index is 12.3. The summed E-state index contributed by atoms with van der Waals surface area (Å²) in [6.45, 7) is 0.628. The van der Waals surface area contributed by atoms with Crippen molar-refractivity contribution in [3.05, 3.63) is 59.7 Å². The van der Waals surface area contributed by atoms with E-state index >= 15 is 0 Å². The van der Waals surface area contributed by atoms with Crippen LogP contribution in [0.1, 0.15) is 34.7 Å². The molecule has 0 aromatic heterocycles. The van der Waals surface area contributed by atoms with Gasteiger partial charge < -0.3 is 14.8 Å². The van der Waals surface area contributed by atoms with Crippen LogP contribution in [0.4, 0.5) is 5.69 Å². The lowest BCUT2D eigenvalue weighted by molar-refractivity contribution is -0.116. The van der Waals surface area contributed by atoms with E-state index in [9.17, 15) is 9.59 Å². The van der Waals surface area contributed by atoms with Crippen LogP contribution in [-0.4, -0.2) is 25.6 Å². The largest absolute Gasteiger partial charge is 0.493 e. The molecule has 3 rings (SSSR count). The maximum Gasteiger partial charge on any atom is 0.337 e. The van der Waals surface area contributed by atoms with Crippen LogP contribution >= 0.6 is 0 Å². The Labute approximate surface area is 140 Å². The predicted octanol–water partition coefficient (Wildman–Crippen LogP) is 3.37. The Morgan fingerprint density at radius 1 is 1.17 bits per heavy atom. The van der Waals surface area contributed by atoms with E-state index in [0.717, 1.165) is 17.7 Å². The zero-order chi connectivity index (χ0) is 16.9. The summed E-state index contributed by atoms with van der Waals surface area (Å²) in [6, 6.07) is 14.5. The van der Waals surface area contributed by atoms with Crippen LogP contribution in [0, 0.1) is 0 Å². The lowest BCUT2D eigenvalue weighted by Gasteiger charge is -2.25. The van der Waals surface area contributed by atoms with Gasteiger partial charge in [-0.15, -0.1) is 0 Å². The van der Waals surface area contributed by atoms with Gasteiger partial charge in [-0.05, 0) is 48.2 Å². The molecule has 0 saturated heterocycles. The monoisotopic (exact) mass is 325 g/mol. The van der Waals surface area contributed by atoms with Crippen LogP contribution in [0.15, 0.2) is 48.5 Å². The minimum absolute atomic E-state index is 0.0532. The molecular weight excluding hydrogens is 306 g/mol. The summed E-state index contributed by atoms with van der Waals surface area (Å²) in [4.78, 5) is 23.7. The third kappa shape index (κ3) is 3.56. The first-order valence-corrected chi connectivity index (χ1v) is 7.87. The molecule has 0 spiro atoms. The van der Waals surface area contributed by atoms with Crippen molar-refractivity contribution in [2.45, 2.75) is 18.8 Å². The molecule has 1 unspecified atom stereocenters. The van der Waals surface area contributed by atoms with Crippen LogP contribution in [0.2, 0.25) is 0 Å². The summed E-state index contributed by atoms with van der Waals surface area (Å²) in [5, 5.41) is 2.87. The highest BCUT2D eigenvalue weighted by Gasteiger charge is 2.23. The molecule has 24 heavy (non-hydrogen) atoms. The molecule has 1 aliphatic heterocycles. The van der Waals surface area contributed by atoms with E-state index in [1.54, 1.807) is 24.3 Å². The summed E-state index contributed by atoms with van der Waals surface area (Å²) in [6.07, 6.45) is 1.23. The maximum absolute atomic E-state index is 12.3. The van der Waals surface area contributed by atoms with Crippen molar-refractivity contribution < 1.29 is 19.1 Å². The Bertz CT molecular complexity index is 739. The number of rotatable bonds is 4. The number of anilines is 1. The number of benzene rings is 2. The highest BCUT2D eigenvalue weighted by atomic mass is 16.5. The van der Waals surface area contributed by atoms with Gasteiger partial charge in [-0.2, -0.15) is 0 Å². The van der Waals surface area contributed by atoms with Gasteiger partial charge >= 0.3 is 5.97 Å². The van der Waals surface area contributed by atoms with E-state index in [1.165, 1.54) is 7.11 Å². The Kier molecular flexibility index (Phi) is 4.79. The first kappa shape index (κ1) is 16.1. The number of carbonyl (C=O) groups is 2. The highest BCUT2D eigenvalue weighted by Crippen LogP contribution is 2.35. The number of esters is 1. The summed E-state index contributed by atoms with van der Waals surface area (Å²) in [5.41, 5.74) is 2.20. The molecular formula is C19H19NO4. The number of hydrogen-bond donors (Lipinski definition) is 1. The quantitative estimate of drug-likeness (QED) is 0.875. The molecule has 0 aliphatic carbocycles. The van der Waals surface area contributed by atoms with Crippen molar-refractivity contribution in [3.8, 4) is 5.75 Å². The predicted molar refractivity (Wildman–Crippen MR) is 90.3 cm³/mol. The van der Waals surface area contributed by atoms with Gasteiger partial charge in [-0.25, -0.2) is 4.79 Å². The molecule has 5 heteroatoms. The molecule has 0 radical (unpaired) electrons. The van der Waals surface area contributed by atoms with Crippen LogP contribution in [-0.2, 0) is 9.53 Å². The Hall–Kier alpha value is -2.82. The van der Waals surface area contributed by atoms with E-state index in [-0.39, 0.29) is 11.8 Å². The van der Waals surface area contributed by atoms with Gasteiger partial charge in [-0.3, -0.25) is 4.79 Å². The van der Waals surface area contributed by atoms with Crippen molar-refractivity contribution >= 4 is 17.6 Å². The lowest BCUT2D eigenvalue weighted by atomic mass is 9.90. The minimum Gasteiger partial charge on any atom is -0.493 e. The second kappa shape index (κ2) is 7.17. The van der Waals surface area contributed by atoms with Crippen molar-refractivity contribution in [3.63, 3.8) is 0 Å². The molecule has 1 atom stereocenters. The fraction of sp³-hybridized carbons (Fsp3) is 0.263. The zero-order valence-electron chi connectivity index (χ0n) is 13.5. The summed E-state index contributed by atoms with van der Waals surface area (Å²) >= 11 is 0. The number of hydrogen-bond acceptors (Lipinski definition) is 4. The summed E-state index contributed by atoms with van der Waals surface area (Å²) < 4.78 is 10.3. The normalized spacial score (nSPS) is 15.8. The van der Waals surface area contributed by atoms with Gasteiger partial charge in [-0.1, -0.05) is 18.2 Å². The number of carbonyl (C=O) groups excluding carboxylic acids is 2. The van der Waals surface area contributed by atoms with E-state index in [0.29, 0.717) is 24.3 Å². The van der Waals surface area contributed by atoms with E-state index in [1.807, 2.05) is 24.3 Å². The molecule has 1 amide bonds. The van der Waals surface area contributed by atoms with Gasteiger partial charge in [0.15, 0.2) is 0 Å². The SMILES string of the molecule is COC(=O)c1ccc(NC(=O)CC2CCOc3ccccc32)cc1. The molecule has 0 bridgehead atoms. The van der Waals surface area contributed by atoms with Gasteiger partial charge in [0.1, 0.15) is 5.75 Å². The van der Waals surface area contributed by atoms with Gasteiger partial charge in [0.2, 0.25) is 5.91 Å². The molecule has 2 aromatic rings. The Morgan fingerprint density at radius 2 is 1.92 bits per heavy atom. The second-order valence-corrected chi connectivity index (χ2v) is 5.69. The first-order valence-electron chi connectivity index (χ1n) is 7.87. The average molecular weight is 325 g/mol. The van der Waals surface area contributed by atoms with Crippen LogP contribution in [0.5, 0.6) is 5.75 Å². The highest BCUT2D eigenvalue weighted by molar-refractivity contribution is 5.93. The molecule has 2 aromatic carbocycles. The summed E-state index contributed by atoms with van der Waals surface area (Å²) in [7, 11) is 1.34. The van der Waals surface area contributed by atoms with Crippen molar-refractivity contribution in [1.29, 1.82) is 0 Å². The smallest absolute Gasteiger partial charge is 0.337 e. The topological polar surface area (TPSA) is 64.6 Å². The van der Waals surface area contributed by atoms with Crippen molar-refractivity contribution in [2.75, 3.05) is 19.0 Å². The minimum atomic E-state index is -0.397. The lowest BCUT2D eigenvalue weighted by Crippen LogP contribution is -2.20. The molecule has 1 aliphatic rings. The van der Waals surface area contributed by atoms with Gasteiger partial charge in [0, 0.05) is 12.1 Å². The van der Waals surface area contributed by atoms with Gasteiger partial charge in [0.05, 0.1) is 19.3 Å². The number of fused-ring (bicyclic) bond motifs is 1. The van der Waals surface area contributed by atoms with E-state index in [4.69, 9.17) is 4.74 Å². The number of amides is 1. The molecule has 0 saturated carbocycles. The zero-order valence-corrected chi connectivity index (χ0v) is 13.5. The van der Waals surface area contributed by atoms with Crippen LogP contribution in [0.3, 0.4) is 0 Å². The molecule has 1 heterocycles. The third-order valence-electron chi connectivity index (χ3n) is 4.10. The average Bonchev–Trinajstić information content (AvgIpc) is 2.62. The fourth-order valence-corrected chi connectivity index (χ4v) is 2.87. The standard InChI is InChI=1S/C19H19NO4/c1-23-19(22)13-6-8-15(9-7-13)20-18(21)12-14-10-11-24-17-5-3-2-4-16(14)17/h2-9,14H,10-12H2,1H3,(H,20,21). The van der Waals surface area contributed by atoms with E-state index in [2.05, 4.69) is 10.1 Å². The molecule has 0 fully saturated rings. The first-order chi connectivity index (χ1) is 11.7. The van der Waals surface area contributed by atoms with E-state index < -0.39 is 5.97 Å². The summed E-state index contributed by atoms with van der Waals surface area (Å²) in [5.74, 6) is 0.572. The van der Waals surface area contributed by atoms with Gasteiger partial charge in [0.25, 0.3) is 0 Å². The second-order valence-electron chi connectivity index (χ2n) is 5.69. The van der Waals surface area contributed by atoms with Crippen LogP contribution in [0.25, 0.3) is 0 Å². The Morgan fingerprint density at radius 3 is 2.67 bits per heavy atom. The number of methoxy groups -OCH3 is 1. The molecule has 1 N–H and O–H groups in total. The molecule has 5 nitrogen and oxygen atoms in total. The van der Waals surface area contributed by atoms with Crippen molar-refractivity contribution in [1.82, 2.24) is 0 Å². The number of ether oxygens (including phenoxy) is 2. The molecule has 124 valence electrons. The number of nitrogens with one attached hydrogen (secondary N) is 1.